The molecule has 0 saturated carbocycles. The number of hydrogen-bond donors (Lipinski definition) is 0. The van der Waals surface area contributed by atoms with Crippen molar-refractivity contribution in [3.8, 4) is 0 Å². The summed E-state index contributed by atoms with van der Waals surface area (Å²) < 4.78 is 216. The van der Waals surface area contributed by atoms with E-state index >= 15 is 0 Å². The van der Waals surface area contributed by atoms with Crippen molar-refractivity contribution in [1.82, 2.24) is 35.5 Å². The van der Waals surface area contributed by atoms with E-state index in [1.807, 2.05) is 124 Å². The Hall–Kier alpha value is -10.0. The Labute approximate surface area is 695 Å². The highest BCUT2D eigenvalue weighted by molar-refractivity contribution is 7.91. The van der Waals surface area contributed by atoms with Crippen molar-refractivity contribution >= 4 is 170 Å². The molecule has 12 heterocycles. The minimum absolute atomic E-state index is 0.000653. The van der Waals surface area contributed by atoms with Gasteiger partial charge in [0.25, 0.3) is 40.1 Å². The van der Waals surface area contributed by atoms with Crippen LogP contribution in [0.1, 0.15) is 70.6 Å². The summed E-state index contributed by atoms with van der Waals surface area (Å²) in [5.74, 6) is 0.310. The normalized spacial score (nSPS) is 16.0. The first-order valence-corrected chi connectivity index (χ1v) is 46.4. The van der Waals surface area contributed by atoms with Crippen LogP contribution in [0.15, 0.2) is 247 Å². The molecule has 119 heavy (non-hydrogen) atoms. The molecule has 0 N–H and O–H groups in total. The zero-order chi connectivity index (χ0) is 84.0. The zero-order valence-electron chi connectivity index (χ0n) is 65.1. The Morgan fingerprint density at radius 2 is 0.639 bits per heavy atom. The number of aromatic nitrogens is 4. The zero-order valence-corrected chi connectivity index (χ0v) is 70.8. The number of aryl methyl sites for hydroxylation is 2. The van der Waals surface area contributed by atoms with E-state index < -0.39 is 63.6 Å². The Bertz CT molecular complexity index is 7150. The van der Waals surface area contributed by atoms with Crippen LogP contribution in [0.4, 0.5) is 30.7 Å². The van der Waals surface area contributed by atoms with E-state index in [9.17, 15) is 64.4 Å². The predicted octanol–water partition coefficient (Wildman–Crippen LogP) is 20.4. The molecule has 0 atom stereocenters. The van der Waals surface area contributed by atoms with Crippen molar-refractivity contribution in [2.24, 2.45) is 0 Å². The topological polar surface area (TPSA) is 182 Å². The lowest BCUT2D eigenvalue weighted by Gasteiger charge is -2.21. The molecule has 0 radical (unpaired) electrons. The third-order valence-electron chi connectivity index (χ3n) is 22.1. The fourth-order valence-electron chi connectivity index (χ4n) is 15.7. The predicted molar refractivity (Wildman–Crippen MR) is 462 cm³/mol. The van der Waals surface area contributed by atoms with Crippen LogP contribution >= 0.6 is 34.0 Å². The van der Waals surface area contributed by atoms with Gasteiger partial charge in [0, 0.05) is 173 Å². The highest BCUT2D eigenvalue weighted by Gasteiger charge is 2.37. The first kappa shape index (κ1) is 82.7. The van der Waals surface area contributed by atoms with Gasteiger partial charge in [-0.15, -0.1) is 34.0 Å². The summed E-state index contributed by atoms with van der Waals surface area (Å²) >= 11 is 4.20. The molecule has 4 aliphatic rings. The van der Waals surface area contributed by atoms with Gasteiger partial charge in [0.15, 0.2) is 0 Å². The van der Waals surface area contributed by atoms with Gasteiger partial charge < -0.3 is 24.0 Å². The van der Waals surface area contributed by atoms with Gasteiger partial charge in [-0.3, -0.25) is 0 Å². The number of thiophene rings is 3. The highest BCUT2D eigenvalue weighted by Crippen LogP contribution is 2.44. The lowest BCUT2D eigenvalue weighted by molar-refractivity contribution is -0.138. The number of rotatable bonds is 12. The number of para-hydroxylation sites is 1. The molecule has 19 rings (SSSR count). The second kappa shape index (κ2) is 32.2. The summed E-state index contributed by atoms with van der Waals surface area (Å²) in [7, 11) is -7.52. The summed E-state index contributed by atoms with van der Waals surface area (Å²) in [5.41, 5.74) is 6.88. The molecule has 616 valence electrons. The molecule has 0 bridgehead atoms. The van der Waals surface area contributed by atoms with Gasteiger partial charge in [0.05, 0.1) is 33.2 Å². The molecule has 0 aliphatic carbocycles. The van der Waals surface area contributed by atoms with E-state index in [0.717, 1.165) is 143 Å². The highest BCUT2D eigenvalue weighted by atomic mass is 32.2. The van der Waals surface area contributed by atoms with Crippen LogP contribution in [0.5, 0.6) is 0 Å². The molecule has 0 fully saturated rings. The maximum atomic E-state index is 14.0. The lowest BCUT2D eigenvalue weighted by atomic mass is 9.98. The quantitative estimate of drug-likeness (QED) is 0.105. The number of halogens is 7. The number of benzene rings is 7. The summed E-state index contributed by atoms with van der Waals surface area (Å²) in [6.07, 6.45) is 8.50. The molecular formula is C88H79F7N8O9S7. The third kappa shape index (κ3) is 15.9. The largest absolute Gasteiger partial charge is 0.465 e. The fraction of sp³-hybridized carbons (Fsp3) is 0.227. The van der Waals surface area contributed by atoms with Gasteiger partial charge in [-0.2, -0.15) is 26.3 Å². The van der Waals surface area contributed by atoms with Gasteiger partial charge >= 0.3 is 12.4 Å². The minimum atomic E-state index is -4.52. The third-order valence-corrected chi connectivity index (χ3v) is 32.4. The average Bonchev–Trinajstić information content (AvgIpc) is 1.58. The molecular weight excluding hydrogens is 1670 g/mol. The Morgan fingerprint density at radius 3 is 0.958 bits per heavy atom. The lowest BCUT2D eigenvalue weighted by Crippen LogP contribution is -2.23. The molecule has 0 unspecified atom stereocenters. The van der Waals surface area contributed by atoms with Gasteiger partial charge in [-0.1, -0.05) is 97.1 Å². The summed E-state index contributed by atoms with van der Waals surface area (Å²) in [6, 6.07) is 42.2. The molecule has 17 nitrogen and oxygen atoms in total. The molecule has 31 heteroatoms. The van der Waals surface area contributed by atoms with Gasteiger partial charge in [0.1, 0.15) is 36.9 Å². The Balaban J connectivity index is 0.000000118. The number of fused-ring (bicyclic) bond motifs is 7. The second-order valence-electron chi connectivity index (χ2n) is 30.0. The summed E-state index contributed by atoms with van der Waals surface area (Å²) in [5, 5.41) is 9.29. The summed E-state index contributed by atoms with van der Waals surface area (Å²) in [4.78, 5) is 9.44. The van der Waals surface area contributed by atoms with Crippen LogP contribution in [0.2, 0.25) is 0 Å². The summed E-state index contributed by atoms with van der Waals surface area (Å²) in [6.45, 7) is 9.52. The van der Waals surface area contributed by atoms with Crippen LogP contribution in [-0.2, 0) is 52.4 Å². The van der Waals surface area contributed by atoms with Crippen LogP contribution in [0.3, 0.4) is 0 Å². The number of furan rings is 1. The van der Waals surface area contributed by atoms with Gasteiger partial charge in [0.2, 0.25) is 0 Å². The van der Waals surface area contributed by atoms with E-state index in [2.05, 4.69) is 38.8 Å². The van der Waals surface area contributed by atoms with Crippen molar-refractivity contribution in [2.75, 3.05) is 80.5 Å². The van der Waals surface area contributed by atoms with E-state index in [1.54, 1.807) is 54.4 Å². The Morgan fingerprint density at radius 1 is 0.345 bits per heavy atom. The monoisotopic (exact) mass is 1750 g/mol. The number of nitrogens with zero attached hydrogens (tertiary/aromatic N) is 8. The van der Waals surface area contributed by atoms with Crippen molar-refractivity contribution in [1.29, 1.82) is 0 Å². The molecule has 0 spiro atoms. The van der Waals surface area contributed by atoms with E-state index in [4.69, 9.17) is 4.42 Å². The van der Waals surface area contributed by atoms with Crippen LogP contribution in [0, 0.1) is 19.7 Å². The first-order chi connectivity index (χ1) is 56.6. The molecule has 0 amide bonds. The van der Waals surface area contributed by atoms with Crippen molar-refractivity contribution in [2.45, 2.75) is 71.5 Å². The van der Waals surface area contributed by atoms with E-state index in [1.165, 1.54) is 90.3 Å². The molecule has 15 aromatic rings. The van der Waals surface area contributed by atoms with Gasteiger partial charge in [-0.25, -0.2) is 54.0 Å². The van der Waals surface area contributed by atoms with Crippen LogP contribution in [0.25, 0.3) is 96.2 Å². The second-order valence-corrected chi connectivity index (χ2v) is 39.9. The minimum Gasteiger partial charge on any atom is -0.465 e. The van der Waals surface area contributed by atoms with Crippen molar-refractivity contribution < 1.29 is 68.8 Å². The number of likely N-dealkylation sites (N-methyl/N-ethyl adjacent to an activating group) is 4. The van der Waals surface area contributed by atoms with Crippen molar-refractivity contribution in [3.63, 3.8) is 0 Å². The smallest absolute Gasteiger partial charge is 0.416 e. The molecule has 8 aromatic heterocycles. The SMILES string of the molecule is CN1CC=C(c2cn(S(=O)(=O)c3csc4ccccc34)c3ccc(C(F)(F)F)cc23)CC1.CN1CC=C(c2cn(S(=O)(=O)c3csc4ccccc34)c3ccc(F)cc23)CC1.CN1CC=C(c2cn(S(=O)(=O)c3csc4ccccc34)c3ccccc23)CC1.Cc1cc(S(=O)(=O)n2cc(C3=CCN(C)CC3)c3cc(C(F)(F)F)ccc32)c(C)o1. The molecule has 0 saturated heterocycles. The van der Waals surface area contributed by atoms with Crippen LogP contribution in [-0.4, -0.2) is 150 Å². The van der Waals surface area contributed by atoms with Crippen molar-refractivity contribution in [3.05, 3.63) is 274 Å². The Kier molecular flexibility index (Phi) is 22.3. The first-order valence-electron chi connectivity index (χ1n) is 38.0. The maximum absolute atomic E-state index is 14.0. The fourth-order valence-corrected chi connectivity index (χ4v) is 25.8. The number of hydrogen-bond acceptors (Lipinski definition) is 16. The maximum Gasteiger partial charge on any atom is 0.416 e. The van der Waals surface area contributed by atoms with E-state index in [-0.39, 0.29) is 42.7 Å². The number of alkyl halides is 6. The van der Waals surface area contributed by atoms with E-state index in [0.29, 0.717) is 74.8 Å². The average molecular weight is 1750 g/mol. The van der Waals surface area contributed by atoms with Gasteiger partial charge in [-0.05, 0) is 169 Å². The molecule has 7 aromatic carbocycles. The standard InChI is InChI=1S/C23H19F3N2O2S2.C22H19FN2O2S2.C22H20N2O2S2.C21H21F3N2O3S/c1-27-10-8-15(9-11-27)19-13-28(20-7-6-16(12-18(19)20)23(24,25)26)32(29,30)22-14-31-21-5-3-2-4-17(21)22;1-24-10-8-15(9-11-24)19-13-25(20-7-6-16(23)12-18(19)20)29(26,27)22-14-28-21-5-3-2-4-17(21)22;1-23-12-10-16(11-13-23)19-14-24(20-8-4-2-6-17(19)20)28(25,26)22-15-27-21-9-5-3-7-18(21)22;1-13-10-20(14(2)29-13)30(27,28)26-12-18(15-6-8-25(3)9-7-15)17-11-16(21(22,23)24)4-5-19(17)26/h2-8,12-14H,9-11H2,1H3;2-8,12-14H,9-11H2,1H3;2-10,14-15H,11-13H2,1H3;4-6,10-12H,7-9H2,1-3H3. The molecule has 4 aliphatic heterocycles. The van der Waals surface area contributed by atoms with Crippen LogP contribution < -0.4 is 0 Å².